The number of para-hydroxylation sites is 1. The maximum Gasteiger partial charge on any atom is 0.255 e. The van der Waals surface area contributed by atoms with E-state index in [1.807, 2.05) is 4.68 Å². The van der Waals surface area contributed by atoms with Gasteiger partial charge in [0.05, 0.1) is 25.8 Å². The Morgan fingerprint density at radius 1 is 1.21 bits per heavy atom. The summed E-state index contributed by atoms with van der Waals surface area (Å²) in [5.74, 6) is 0.892. The summed E-state index contributed by atoms with van der Waals surface area (Å²) in [4.78, 5) is 16.6. The lowest BCUT2D eigenvalue weighted by molar-refractivity contribution is 0.0918. The molecule has 1 heterocycles. The van der Waals surface area contributed by atoms with Gasteiger partial charge in [0.25, 0.3) is 5.91 Å². The summed E-state index contributed by atoms with van der Waals surface area (Å²) in [5, 5.41) is 7.31. The van der Waals surface area contributed by atoms with E-state index in [9.17, 15) is 4.79 Å². The molecule has 1 aromatic carbocycles. The molecule has 7 nitrogen and oxygen atoms in total. The fraction of sp³-hybridized carbons (Fsp3) is 0.471. The summed E-state index contributed by atoms with van der Waals surface area (Å²) in [7, 11) is 3.10. The third-order valence-corrected chi connectivity index (χ3v) is 4.49. The van der Waals surface area contributed by atoms with Gasteiger partial charge in [-0.25, -0.2) is 9.67 Å². The first-order valence-corrected chi connectivity index (χ1v) is 8.09. The molecular weight excluding hydrogens is 308 g/mol. The minimum atomic E-state index is -0.130. The van der Waals surface area contributed by atoms with Gasteiger partial charge in [0.2, 0.25) is 0 Å². The Labute approximate surface area is 141 Å². The largest absolute Gasteiger partial charge is 0.493 e. The van der Waals surface area contributed by atoms with Gasteiger partial charge >= 0.3 is 0 Å². The molecule has 1 aliphatic rings. The van der Waals surface area contributed by atoms with Gasteiger partial charge in [0, 0.05) is 6.04 Å². The highest BCUT2D eigenvalue weighted by atomic mass is 16.5. The molecular formula is C17H22N4O3. The number of ether oxygens (including phenoxy) is 2. The molecule has 2 aromatic rings. The molecule has 24 heavy (non-hydrogen) atoms. The standard InChI is InChI=1S/C17H22N4O3/c1-23-15-5-3-4-14(16(15)24-2)17(22)20-12-6-8-13(9-7-12)21-11-18-10-19-21/h3-5,10-13H,6-9H2,1-2H3,(H,20,22). The number of hydrogen-bond acceptors (Lipinski definition) is 5. The number of aromatic nitrogens is 3. The molecule has 1 aromatic heterocycles. The molecule has 1 N–H and O–H groups in total. The molecule has 7 heteroatoms. The molecule has 0 spiro atoms. The Bertz CT molecular complexity index is 679. The predicted molar refractivity (Wildman–Crippen MR) is 88.3 cm³/mol. The van der Waals surface area contributed by atoms with Crippen LogP contribution in [0.4, 0.5) is 0 Å². The normalized spacial score (nSPS) is 20.4. The third kappa shape index (κ3) is 3.34. The van der Waals surface area contributed by atoms with Crippen LogP contribution in [0.5, 0.6) is 11.5 Å². The van der Waals surface area contributed by atoms with Crippen LogP contribution in [-0.2, 0) is 0 Å². The first-order chi connectivity index (χ1) is 11.7. The topological polar surface area (TPSA) is 78.3 Å². The molecule has 1 fully saturated rings. The maximum atomic E-state index is 12.6. The van der Waals surface area contributed by atoms with Crippen molar-refractivity contribution in [3.05, 3.63) is 36.4 Å². The second kappa shape index (κ2) is 7.33. The molecule has 3 rings (SSSR count). The van der Waals surface area contributed by atoms with E-state index in [1.54, 1.807) is 38.0 Å². The number of nitrogens with zero attached hydrogens (tertiary/aromatic N) is 3. The number of benzene rings is 1. The van der Waals surface area contributed by atoms with E-state index < -0.39 is 0 Å². The van der Waals surface area contributed by atoms with Crippen molar-refractivity contribution in [1.82, 2.24) is 20.1 Å². The lowest BCUT2D eigenvalue weighted by Crippen LogP contribution is -2.38. The molecule has 128 valence electrons. The van der Waals surface area contributed by atoms with Crippen LogP contribution in [0.2, 0.25) is 0 Å². The lowest BCUT2D eigenvalue weighted by Gasteiger charge is -2.29. The summed E-state index contributed by atoms with van der Waals surface area (Å²) in [5.41, 5.74) is 0.496. The number of carbonyl (C=O) groups is 1. The average molecular weight is 330 g/mol. The molecule has 0 aliphatic heterocycles. The first kappa shape index (κ1) is 16.3. The Balaban J connectivity index is 1.62. The number of amides is 1. The van der Waals surface area contributed by atoms with Crippen LogP contribution in [0.3, 0.4) is 0 Å². The molecule has 0 unspecified atom stereocenters. The summed E-state index contributed by atoms with van der Waals surface area (Å²) in [6.07, 6.45) is 7.10. The van der Waals surface area contributed by atoms with Gasteiger partial charge < -0.3 is 14.8 Å². The molecule has 1 saturated carbocycles. The predicted octanol–water partition coefficient (Wildman–Crippen LogP) is 2.21. The summed E-state index contributed by atoms with van der Waals surface area (Å²) >= 11 is 0. The van der Waals surface area contributed by atoms with Gasteiger partial charge in [0.15, 0.2) is 11.5 Å². The van der Waals surface area contributed by atoms with Crippen LogP contribution in [0.1, 0.15) is 42.1 Å². The molecule has 0 bridgehead atoms. The maximum absolute atomic E-state index is 12.6. The van der Waals surface area contributed by atoms with Gasteiger partial charge in [0.1, 0.15) is 12.7 Å². The van der Waals surface area contributed by atoms with Gasteiger partial charge in [-0.3, -0.25) is 4.79 Å². The van der Waals surface area contributed by atoms with Crippen molar-refractivity contribution in [2.75, 3.05) is 14.2 Å². The second-order valence-electron chi connectivity index (χ2n) is 5.90. The van der Waals surface area contributed by atoms with Crippen LogP contribution in [0, 0.1) is 0 Å². The van der Waals surface area contributed by atoms with E-state index in [-0.39, 0.29) is 11.9 Å². The molecule has 0 saturated heterocycles. The Hall–Kier alpha value is -2.57. The monoisotopic (exact) mass is 330 g/mol. The van der Waals surface area contributed by atoms with E-state index in [0.717, 1.165) is 25.7 Å². The zero-order chi connectivity index (χ0) is 16.9. The number of carbonyl (C=O) groups excluding carboxylic acids is 1. The second-order valence-corrected chi connectivity index (χ2v) is 5.90. The fourth-order valence-electron chi connectivity index (χ4n) is 3.22. The van der Waals surface area contributed by atoms with E-state index in [2.05, 4.69) is 15.4 Å². The van der Waals surface area contributed by atoms with Crippen molar-refractivity contribution < 1.29 is 14.3 Å². The molecule has 0 atom stereocenters. The number of methoxy groups -OCH3 is 2. The van der Waals surface area contributed by atoms with Gasteiger partial charge in [-0.15, -0.1) is 0 Å². The highest BCUT2D eigenvalue weighted by molar-refractivity contribution is 5.98. The van der Waals surface area contributed by atoms with Crippen molar-refractivity contribution >= 4 is 5.91 Å². The Morgan fingerprint density at radius 3 is 2.62 bits per heavy atom. The number of rotatable bonds is 5. The third-order valence-electron chi connectivity index (χ3n) is 4.49. The van der Waals surface area contributed by atoms with Crippen molar-refractivity contribution in [1.29, 1.82) is 0 Å². The lowest BCUT2D eigenvalue weighted by atomic mass is 9.91. The Kier molecular flexibility index (Phi) is 4.98. The number of nitrogens with one attached hydrogen (secondary N) is 1. The van der Waals surface area contributed by atoms with Crippen LogP contribution in [-0.4, -0.2) is 40.9 Å². The van der Waals surface area contributed by atoms with Gasteiger partial charge in [-0.1, -0.05) is 6.07 Å². The van der Waals surface area contributed by atoms with Crippen molar-refractivity contribution in [3.8, 4) is 11.5 Å². The quantitative estimate of drug-likeness (QED) is 0.909. The average Bonchev–Trinajstić information content (AvgIpc) is 3.16. The smallest absolute Gasteiger partial charge is 0.255 e. The van der Waals surface area contributed by atoms with Gasteiger partial charge in [-0.05, 0) is 37.8 Å². The number of hydrogen-bond donors (Lipinski definition) is 1. The SMILES string of the molecule is COc1cccc(C(=O)NC2CCC(n3cncn3)CC2)c1OC. The van der Waals surface area contributed by atoms with E-state index >= 15 is 0 Å². The van der Waals surface area contributed by atoms with E-state index in [1.165, 1.54) is 7.11 Å². The fourth-order valence-corrected chi connectivity index (χ4v) is 3.22. The highest BCUT2D eigenvalue weighted by Crippen LogP contribution is 2.32. The van der Waals surface area contributed by atoms with Crippen LogP contribution < -0.4 is 14.8 Å². The minimum absolute atomic E-state index is 0.130. The summed E-state index contributed by atoms with van der Waals surface area (Å²) in [6, 6.07) is 5.84. The zero-order valence-corrected chi connectivity index (χ0v) is 13.9. The van der Waals surface area contributed by atoms with Crippen molar-refractivity contribution in [2.24, 2.45) is 0 Å². The van der Waals surface area contributed by atoms with Crippen LogP contribution in [0.25, 0.3) is 0 Å². The highest BCUT2D eigenvalue weighted by Gasteiger charge is 2.25. The van der Waals surface area contributed by atoms with Crippen LogP contribution >= 0.6 is 0 Å². The van der Waals surface area contributed by atoms with Crippen molar-refractivity contribution in [3.63, 3.8) is 0 Å². The first-order valence-electron chi connectivity index (χ1n) is 8.09. The van der Waals surface area contributed by atoms with Gasteiger partial charge in [-0.2, -0.15) is 5.10 Å². The Morgan fingerprint density at radius 2 is 2.00 bits per heavy atom. The zero-order valence-electron chi connectivity index (χ0n) is 13.9. The molecule has 0 radical (unpaired) electrons. The minimum Gasteiger partial charge on any atom is -0.493 e. The van der Waals surface area contributed by atoms with E-state index in [0.29, 0.717) is 23.1 Å². The molecule has 1 amide bonds. The van der Waals surface area contributed by atoms with Crippen LogP contribution in [0.15, 0.2) is 30.9 Å². The molecule has 1 aliphatic carbocycles. The van der Waals surface area contributed by atoms with E-state index in [4.69, 9.17) is 9.47 Å². The summed E-state index contributed by atoms with van der Waals surface area (Å²) in [6.45, 7) is 0. The van der Waals surface area contributed by atoms with Crippen molar-refractivity contribution in [2.45, 2.75) is 37.8 Å². The summed E-state index contributed by atoms with van der Waals surface area (Å²) < 4.78 is 12.5.